The highest BCUT2D eigenvalue weighted by Gasteiger charge is 2.24. The lowest BCUT2D eigenvalue weighted by Crippen LogP contribution is -2.31. The van der Waals surface area contributed by atoms with Crippen molar-refractivity contribution >= 4 is 33.5 Å². The molecule has 0 spiro atoms. The highest BCUT2D eigenvalue weighted by molar-refractivity contribution is 7.89. The lowest BCUT2D eigenvalue weighted by Gasteiger charge is -2.19. The summed E-state index contributed by atoms with van der Waals surface area (Å²) in [4.78, 5) is 23.6. The molecule has 0 bridgehead atoms. The molecule has 1 N–H and O–H groups in total. The number of rotatable bonds is 9. The summed E-state index contributed by atoms with van der Waals surface area (Å²) < 4.78 is 31.2. The monoisotopic (exact) mass is 390 g/mol. The van der Waals surface area contributed by atoms with Crippen molar-refractivity contribution in [3.8, 4) is 0 Å². The van der Waals surface area contributed by atoms with Crippen LogP contribution in [-0.4, -0.2) is 50.8 Å². The van der Waals surface area contributed by atoms with E-state index in [1.54, 1.807) is 13.8 Å². The number of hydrogen-bond acceptors (Lipinski definition) is 5. The number of nitrogens with one attached hydrogen (secondary N) is 1. The minimum Gasteiger partial charge on any atom is -0.452 e. The summed E-state index contributed by atoms with van der Waals surface area (Å²) in [6.45, 7) is 5.98. The first kappa shape index (κ1) is 21.4. The van der Waals surface area contributed by atoms with Gasteiger partial charge in [0.15, 0.2) is 6.61 Å². The minimum atomic E-state index is -3.73. The van der Waals surface area contributed by atoms with Gasteiger partial charge < -0.3 is 10.1 Å². The lowest BCUT2D eigenvalue weighted by molar-refractivity contribution is -0.124. The molecule has 9 heteroatoms. The molecule has 0 fully saturated rings. The van der Waals surface area contributed by atoms with Crippen molar-refractivity contribution in [2.24, 2.45) is 0 Å². The molecule has 0 aromatic heterocycles. The number of carbonyl (C=O) groups is 2. The summed E-state index contributed by atoms with van der Waals surface area (Å²) in [5.41, 5.74) is -0.0989. The quantitative estimate of drug-likeness (QED) is 0.651. The standard InChI is InChI=1S/C16H23ClN2O5S/c1-4-9-18-15(20)11-24-16(21)13-10-12(7-8-14(13)17)25(22,23)19(5-2)6-3/h7-8,10H,4-6,9,11H2,1-3H3,(H,18,20). The van der Waals surface area contributed by atoms with Crippen LogP contribution in [0.3, 0.4) is 0 Å². The molecule has 0 aliphatic heterocycles. The molecule has 0 heterocycles. The summed E-state index contributed by atoms with van der Waals surface area (Å²) in [6.07, 6.45) is 0.761. The molecule has 1 amide bonds. The van der Waals surface area contributed by atoms with Crippen LogP contribution in [0.25, 0.3) is 0 Å². The Balaban J connectivity index is 2.98. The van der Waals surface area contributed by atoms with Crippen molar-refractivity contribution < 1.29 is 22.7 Å². The number of hydrogen-bond donors (Lipinski definition) is 1. The van der Waals surface area contributed by atoms with E-state index >= 15 is 0 Å². The normalized spacial score (nSPS) is 11.4. The molecular weight excluding hydrogens is 368 g/mol. The molecule has 0 saturated carbocycles. The predicted octanol–water partition coefficient (Wildman–Crippen LogP) is 2.05. The number of esters is 1. The summed E-state index contributed by atoms with van der Waals surface area (Å²) >= 11 is 5.98. The fourth-order valence-corrected chi connectivity index (χ4v) is 3.74. The molecule has 1 aromatic rings. The van der Waals surface area contributed by atoms with Gasteiger partial charge in [0.2, 0.25) is 10.0 Å². The van der Waals surface area contributed by atoms with E-state index in [-0.39, 0.29) is 15.5 Å². The molecule has 1 aromatic carbocycles. The average molecular weight is 391 g/mol. The van der Waals surface area contributed by atoms with Crippen LogP contribution in [0, 0.1) is 0 Å². The van der Waals surface area contributed by atoms with Crippen LogP contribution in [0.1, 0.15) is 37.6 Å². The van der Waals surface area contributed by atoms with Gasteiger partial charge in [-0.2, -0.15) is 4.31 Å². The van der Waals surface area contributed by atoms with Gasteiger partial charge in [-0.25, -0.2) is 13.2 Å². The van der Waals surface area contributed by atoms with Crippen molar-refractivity contribution in [2.45, 2.75) is 32.1 Å². The molecule has 1 rings (SSSR count). The largest absolute Gasteiger partial charge is 0.452 e. The zero-order valence-electron chi connectivity index (χ0n) is 14.5. The van der Waals surface area contributed by atoms with Crippen LogP contribution in [-0.2, 0) is 19.6 Å². The highest BCUT2D eigenvalue weighted by atomic mass is 35.5. The molecule has 0 radical (unpaired) electrons. The van der Waals surface area contributed by atoms with Crippen molar-refractivity contribution in [1.82, 2.24) is 9.62 Å². The second kappa shape index (κ2) is 9.74. The third kappa shape index (κ3) is 5.69. The summed E-state index contributed by atoms with van der Waals surface area (Å²) in [5, 5.41) is 2.62. The van der Waals surface area contributed by atoms with Gasteiger partial charge in [0.25, 0.3) is 5.91 Å². The van der Waals surface area contributed by atoms with Crippen molar-refractivity contribution in [2.75, 3.05) is 26.2 Å². The Kier molecular flexibility index (Phi) is 8.34. The van der Waals surface area contributed by atoms with E-state index in [1.165, 1.54) is 22.5 Å². The maximum atomic E-state index is 12.5. The van der Waals surface area contributed by atoms with E-state index in [2.05, 4.69) is 5.32 Å². The second-order valence-corrected chi connectivity index (χ2v) is 7.50. The molecule has 0 unspecified atom stereocenters. The van der Waals surface area contributed by atoms with Gasteiger partial charge in [-0.3, -0.25) is 4.79 Å². The molecule has 0 aliphatic rings. The first-order valence-corrected chi connectivity index (χ1v) is 9.83. The van der Waals surface area contributed by atoms with Gasteiger partial charge in [-0.15, -0.1) is 0 Å². The van der Waals surface area contributed by atoms with Gasteiger partial charge in [0.1, 0.15) is 0 Å². The topological polar surface area (TPSA) is 92.8 Å². The Bertz CT molecular complexity index is 717. The van der Waals surface area contributed by atoms with Gasteiger partial charge in [-0.05, 0) is 24.6 Å². The molecule has 0 atom stereocenters. The number of carbonyl (C=O) groups excluding carboxylic acids is 2. The highest BCUT2D eigenvalue weighted by Crippen LogP contribution is 2.23. The molecule has 0 saturated heterocycles. The van der Waals surface area contributed by atoms with E-state index in [0.717, 1.165) is 6.42 Å². The van der Waals surface area contributed by atoms with E-state index in [1.807, 2.05) is 6.92 Å². The summed E-state index contributed by atoms with van der Waals surface area (Å²) in [7, 11) is -3.73. The van der Waals surface area contributed by atoms with Crippen LogP contribution in [0.2, 0.25) is 5.02 Å². The van der Waals surface area contributed by atoms with Crippen LogP contribution >= 0.6 is 11.6 Å². The van der Waals surface area contributed by atoms with Crippen LogP contribution in [0.4, 0.5) is 0 Å². The van der Waals surface area contributed by atoms with Crippen molar-refractivity contribution in [1.29, 1.82) is 0 Å². The third-order valence-corrected chi connectivity index (χ3v) is 5.78. The Morgan fingerprint density at radius 1 is 1.20 bits per heavy atom. The average Bonchev–Trinajstić information content (AvgIpc) is 2.58. The van der Waals surface area contributed by atoms with Crippen molar-refractivity contribution in [3.05, 3.63) is 28.8 Å². The summed E-state index contributed by atoms with van der Waals surface area (Å²) in [6, 6.07) is 3.83. The van der Waals surface area contributed by atoms with Gasteiger partial charge in [0.05, 0.1) is 15.5 Å². The Morgan fingerprint density at radius 2 is 1.84 bits per heavy atom. The zero-order valence-corrected chi connectivity index (χ0v) is 16.1. The van der Waals surface area contributed by atoms with Crippen LogP contribution in [0.5, 0.6) is 0 Å². The minimum absolute atomic E-state index is 0.0528. The Labute approximate surface area is 153 Å². The third-order valence-electron chi connectivity index (χ3n) is 3.41. The predicted molar refractivity (Wildman–Crippen MR) is 95.1 cm³/mol. The first-order valence-electron chi connectivity index (χ1n) is 8.01. The molecular formula is C16H23ClN2O5S. The summed E-state index contributed by atoms with van der Waals surface area (Å²) in [5.74, 6) is -1.29. The van der Waals surface area contributed by atoms with E-state index in [0.29, 0.717) is 19.6 Å². The number of ether oxygens (including phenoxy) is 1. The SMILES string of the molecule is CCCNC(=O)COC(=O)c1cc(S(=O)(=O)N(CC)CC)ccc1Cl. The smallest absolute Gasteiger partial charge is 0.340 e. The molecule has 7 nitrogen and oxygen atoms in total. The van der Waals surface area contributed by atoms with Gasteiger partial charge in [0, 0.05) is 19.6 Å². The first-order chi connectivity index (χ1) is 11.8. The maximum Gasteiger partial charge on any atom is 0.340 e. The Hall–Kier alpha value is -1.64. The zero-order chi connectivity index (χ0) is 19.0. The number of amides is 1. The number of nitrogens with zero attached hydrogens (tertiary/aromatic N) is 1. The van der Waals surface area contributed by atoms with Gasteiger partial charge >= 0.3 is 5.97 Å². The molecule has 25 heavy (non-hydrogen) atoms. The number of benzene rings is 1. The van der Waals surface area contributed by atoms with E-state index in [9.17, 15) is 18.0 Å². The maximum absolute atomic E-state index is 12.5. The second-order valence-electron chi connectivity index (χ2n) is 5.16. The fraction of sp³-hybridized carbons (Fsp3) is 0.500. The Morgan fingerprint density at radius 3 is 2.40 bits per heavy atom. The number of sulfonamides is 1. The van der Waals surface area contributed by atoms with E-state index in [4.69, 9.17) is 16.3 Å². The fourth-order valence-electron chi connectivity index (χ4n) is 2.06. The van der Waals surface area contributed by atoms with Crippen LogP contribution < -0.4 is 5.32 Å². The number of halogens is 1. The van der Waals surface area contributed by atoms with Crippen LogP contribution in [0.15, 0.2) is 23.1 Å². The molecule has 0 aliphatic carbocycles. The van der Waals surface area contributed by atoms with Crippen molar-refractivity contribution in [3.63, 3.8) is 0 Å². The lowest BCUT2D eigenvalue weighted by atomic mass is 10.2. The molecule has 140 valence electrons. The van der Waals surface area contributed by atoms with E-state index < -0.39 is 28.5 Å². The van der Waals surface area contributed by atoms with Gasteiger partial charge in [-0.1, -0.05) is 32.4 Å².